The van der Waals surface area contributed by atoms with E-state index in [2.05, 4.69) is 19.6 Å². The summed E-state index contributed by atoms with van der Waals surface area (Å²) in [6, 6.07) is 0. The maximum atomic E-state index is 11.0. The monoisotopic (exact) mass is 233 g/mol. The number of carbonyl (C=O) groups excluding carboxylic acids is 2. The van der Waals surface area contributed by atoms with Crippen LogP contribution in [0, 0.1) is 0 Å². The Balaban J connectivity index is 2.86. The van der Waals surface area contributed by atoms with E-state index < -0.39 is 11.9 Å². The molecule has 1 aromatic heterocycles. The molecule has 8 heteroatoms. The first-order valence-electron chi connectivity index (χ1n) is 3.84. The van der Waals surface area contributed by atoms with Crippen molar-refractivity contribution >= 4 is 23.5 Å². The lowest BCUT2D eigenvalue weighted by Gasteiger charge is -1.98. The molecular weight excluding hydrogens is 226 g/mol. The molecule has 0 radical (unpaired) electrons. The highest BCUT2D eigenvalue weighted by Crippen LogP contribution is 2.06. The summed E-state index contributed by atoms with van der Waals surface area (Å²) < 4.78 is 9.83. The Labute approximate surface area is 89.9 Å². The summed E-state index contributed by atoms with van der Waals surface area (Å²) in [6.45, 7) is -0.209. The van der Waals surface area contributed by atoms with Gasteiger partial charge in [0.25, 0.3) is 5.82 Å². The predicted octanol–water partition coefficient (Wildman–Crippen LogP) is -0.109. The summed E-state index contributed by atoms with van der Waals surface area (Å²) in [5.74, 6) is -1.47. The number of aromatic nitrogens is 3. The fourth-order valence-electron chi connectivity index (χ4n) is 0.788. The van der Waals surface area contributed by atoms with Crippen molar-refractivity contribution in [3.05, 3.63) is 11.1 Å². The lowest BCUT2D eigenvalue weighted by atomic mass is 10.6. The maximum absolute atomic E-state index is 11.0. The highest BCUT2D eigenvalue weighted by molar-refractivity contribution is 6.28. The minimum Gasteiger partial charge on any atom is -0.468 e. The number of esters is 2. The summed E-state index contributed by atoms with van der Waals surface area (Å²) >= 11 is 5.62. The standard InChI is InChI=1S/C7H8ClN3O4/c1-14-4(12)3-11-7(8)9-5(10-11)6(13)15-2/h3H2,1-2H3. The van der Waals surface area contributed by atoms with E-state index in [0.717, 1.165) is 4.68 Å². The SMILES string of the molecule is COC(=O)Cn1nc(C(=O)OC)nc1Cl. The van der Waals surface area contributed by atoms with Gasteiger partial charge in [-0.1, -0.05) is 0 Å². The van der Waals surface area contributed by atoms with Gasteiger partial charge in [0.15, 0.2) is 0 Å². The third kappa shape index (κ3) is 2.66. The fourth-order valence-corrected chi connectivity index (χ4v) is 0.966. The molecule has 0 saturated heterocycles. The van der Waals surface area contributed by atoms with Crippen LogP contribution in [0.1, 0.15) is 10.6 Å². The maximum Gasteiger partial charge on any atom is 0.378 e. The van der Waals surface area contributed by atoms with Gasteiger partial charge in [0.2, 0.25) is 5.28 Å². The van der Waals surface area contributed by atoms with Gasteiger partial charge in [-0.15, -0.1) is 5.10 Å². The van der Waals surface area contributed by atoms with Crippen LogP contribution in [0.4, 0.5) is 0 Å². The molecule has 0 atom stereocenters. The first-order valence-corrected chi connectivity index (χ1v) is 4.21. The van der Waals surface area contributed by atoms with Crippen molar-refractivity contribution < 1.29 is 19.1 Å². The average molecular weight is 234 g/mol. The van der Waals surface area contributed by atoms with Gasteiger partial charge in [0, 0.05) is 0 Å². The molecule has 0 saturated carbocycles. The smallest absolute Gasteiger partial charge is 0.378 e. The van der Waals surface area contributed by atoms with Gasteiger partial charge in [-0.25, -0.2) is 9.48 Å². The highest BCUT2D eigenvalue weighted by Gasteiger charge is 2.17. The summed E-state index contributed by atoms with van der Waals surface area (Å²) in [5, 5.41) is 3.58. The van der Waals surface area contributed by atoms with Crippen LogP contribution in [-0.2, 0) is 20.8 Å². The average Bonchev–Trinajstić information content (AvgIpc) is 2.59. The van der Waals surface area contributed by atoms with Crippen LogP contribution in [0.2, 0.25) is 5.28 Å². The minimum absolute atomic E-state index is 0.0826. The number of rotatable bonds is 3. The van der Waals surface area contributed by atoms with Gasteiger partial charge in [0.05, 0.1) is 14.2 Å². The predicted molar refractivity (Wildman–Crippen MR) is 48.4 cm³/mol. The number of nitrogens with zero attached hydrogens (tertiary/aromatic N) is 3. The van der Waals surface area contributed by atoms with Gasteiger partial charge < -0.3 is 9.47 Å². The Morgan fingerprint density at radius 2 is 2.07 bits per heavy atom. The van der Waals surface area contributed by atoms with Crippen LogP contribution < -0.4 is 0 Å². The van der Waals surface area contributed by atoms with Crippen molar-refractivity contribution in [2.24, 2.45) is 0 Å². The van der Waals surface area contributed by atoms with E-state index in [0.29, 0.717) is 0 Å². The number of methoxy groups -OCH3 is 2. The Bertz CT molecular complexity index is 390. The topological polar surface area (TPSA) is 83.3 Å². The van der Waals surface area contributed by atoms with Crippen LogP contribution in [0.3, 0.4) is 0 Å². The van der Waals surface area contributed by atoms with Crippen molar-refractivity contribution in [1.29, 1.82) is 0 Å². The van der Waals surface area contributed by atoms with E-state index in [1.807, 2.05) is 0 Å². The molecule has 0 aliphatic heterocycles. The fraction of sp³-hybridized carbons (Fsp3) is 0.429. The Morgan fingerprint density at radius 3 is 2.60 bits per heavy atom. The van der Waals surface area contributed by atoms with E-state index in [4.69, 9.17) is 11.6 Å². The van der Waals surface area contributed by atoms with Crippen molar-refractivity contribution in [3.63, 3.8) is 0 Å². The van der Waals surface area contributed by atoms with Crippen LogP contribution >= 0.6 is 11.6 Å². The van der Waals surface area contributed by atoms with Gasteiger partial charge in [-0.2, -0.15) is 4.98 Å². The molecule has 0 fully saturated rings. The zero-order valence-electron chi connectivity index (χ0n) is 8.06. The molecular formula is C7H8ClN3O4. The van der Waals surface area contributed by atoms with Crippen molar-refractivity contribution in [3.8, 4) is 0 Å². The minimum atomic E-state index is -0.722. The molecule has 0 amide bonds. The second-order valence-electron chi connectivity index (χ2n) is 2.43. The summed E-state index contributed by atoms with van der Waals surface area (Å²) in [7, 11) is 2.42. The van der Waals surface area contributed by atoms with Gasteiger partial charge in [-0.05, 0) is 11.6 Å². The van der Waals surface area contributed by atoms with E-state index in [1.165, 1.54) is 14.2 Å². The van der Waals surface area contributed by atoms with E-state index in [1.54, 1.807) is 0 Å². The number of hydrogen-bond acceptors (Lipinski definition) is 6. The van der Waals surface area contributed by atoms with Crippen LogP contribution in [0.25, 0.3) is 0 Å². The molecule has 0 aliphatic rings. The quantitative estimate of drug-likeness (QED) is 0.678. The Morgan fingerprint density at radius 1 is 1.40 bits per heavy atom. The summed E-state index contributed by atoms with van der Waals surface area (Å²) in [5.41, 5.74) is 0. The largest absolute Gasteiger partial charge is 0.468 e. The first-order chi connectivity index (χ1) is 7.08. The lowest BCUT2D eigenvalue weighted by Crippen LogP contribution is -2.13. The zero-order valence-corrected chi connectivity index (χ0v) is 8.82. The van der Waals surface area contributed by atoms with Gasteiger partial charge in [0.1, 0.15) is 6.54 Å². The molecule has 0 N–H and O–H groups in total. The summed E-state index contributed by atoms with van der Waals surface area (Å²) in [6.07, 6.45) is 0. The molecule has 1 rings (SSSR count). The van der Waals surface area contributed by atoms with E-state index >= 15 is 0 Å². The second-order valence-corrected chi connectivity index (χ2v) is 2.77. The normalized spacial score (nSPS) is 9.80. The second kappa shape index (κ2) is 4.74. The number of carbonyl (C=O) groups is 2. The van der Waals surface area contributed by atoms with Crippen molar-refractivity contribution in [2.75, 3.05) is 14.2 Å². The lowest BCUT2D eigenvalue weighted by molar-refractivity contribution is -0.141. The van der Waals surface area contributed by atoms with Gasteiger partial charge >= 0.3 is 11.9 Å². The third-order valence-electron chi connectivity index (χ3n) is 1.50. The third-order valence-corrected chi connectivity index (χ3v) is 1.78. The Kier molecular flexibility index (Phi) is 3.62. The van der Waals surface area contributed by atoms with Gasteiger partial charge in [-0.3, -0.25) is 4.79 Å². The van der Waals surface area contributed by atoms with Crippen LogP contribution in [0.15, 0.2) is 0 Å². The molecule has 0 aromatic carbocycles. The number of hydrogen-bond donors (Lipinski definition) is 0. The molecule has 7 nitrogen and oxygen atoms in total. The molecule has 0 bridgehead atoms. The molecule has 1 heterocycles. The zero-order chi connectivity index (χ0) is 11.4. The van der Waals surface area contributed by atoms with Crippen LogP contribution in [0.5, 0.6) is 0 Å². The molecule has 15 heavy (non-hydrogen) atoms. The molecule has 0 aliphatic carbocycles. The number of halogens is 1. The van der Waals surface area contributed by atoms with Crippen LogP contribution in [-0.4, -0.2) is 40.9 Å². The molecule has 82 valence electrons. The van der Waals surface area contributed by atoms with Crippen molar-refractivity contribution in [1.82, 2.24) is 14.8 Å². The highest BCUT2D eigenvalue weighted by atomic mass is 35.5. The Hall–Kier alpha value is -1.63. The van der Waals surface area contributed by atoms with E-state index in [-0.39, 0.29) is 17.7 Å². The van der Waals surface area contributed by atoms with Crippen molar-refractivity contribution in [2.45, 2.75) is 6.54 Å². The number of ether oxygens (including phenoxy) is 2. The summed E-state index contributed by atoms with van der Waals surface area (Å²) in [4.78, 5) is 25.5. The molecule has 1 aromatic rings. The van der Waals surface area contributed by atoms with E-state index in [9.17, 15) is 9.59 Å². The molecule has 0 unspecified atom stereocenters. The first kappa shape index (κ1) is 11.4. The molecule has 0 spiro atoms.